The average molecular weight is 407 g/mol. The summed E-state index contributed by atoms with van der Waals surface area (Å²) in [5.74, 6) is -0.288. The van der Waals surface area contributed by atoms with E-state index >= 15 is 0 Å². The molecule has 4 aromatic rings. The van der Waals surface area contributed by atoms with Gasteiger partial charge in [0.1, 0.15) is 0 Å². The van der Waals surface area contributed by atoms with Gasteiger partial charge >= 0.3 is 0 Å². The van der Waals surface area contributed by atoms with Gasteiger partial charge in [-0.1, -0.05) is 71.7 Å². The molecule has 3 aromatic carbocycles. The van der Waals surface area contributed by atoms with Crippen LogP contribution in [0.5, 0.6) is 0 Å². The number of hydrogen-bond acceptors (Lipinski definition) is 2. The van der Waals surface area contributed by atoms with Gasteiger partial charge < -0.3 is 5.32 Å². The van der Waals surface area contributed by atoms with Crippen LogP contribution in [0.15, 0.2) is 72.8 Å². The Balaban J connectivity index is 1.86. The standard InChI is InChI=1S/C23H16Cl2N2O/c1-14-7-2-3-8-15(14)21-13-17(16-9-4-5-12-20(16)26-21)23(28)27-22-18(24)10-6-11-19(22)25/h2-13H,1H3,(H,27,28). The van der Waals surface area contributed by atoms with Crippen LogP contribution in [0.25, 0.3) is 22.2 Å². The Morgan fingerprint density at radius 2 is 1.57 bits per heavy atom. The molecule has 0 unspecified atom stereocenters. The maximum absolute atomic E-state index is 13.1. The highest BCUT2D eigenvalue weighted by Crippen LogP contribution is 2.32. The summed E-state index contributed by atoms with van der Waals surface area (Å²) >= 11 is 12.4. The molecule has 1 amide bonds. The zero-order valence-corrected chi connectivity index (χ0v) is 16.6. The van der Waals surface area contributed by atoms with Crippen LogP contribution in [0, 0.1) is 6.92 Å². The third-order valence-corrected chi connectivity index (χ3v) is 5.21. The van der Waals surface area contributed by atoms with Crippen LogP contribution in [0.1, 0.15) is 15.9 Å². The number of halogens is 2. The van der Waals surface area contributed by atoms with Gasteiger partial charge in [0, 0.05) is 10.9 Å². The van der Waals surface area contributed by atoms with Crippen LogP contribution >= 0.6 is 23.2 Å². The first-order chi connectivity index (χ1) is 13.5. The fraction of sp³-hybridized carbons (Fsp3) is 0.0435. The van der Waals surface area contributed by atoms with Crippen molar-refractivity contribution in [1.29, 1.82) is 0 Å². The van der Waals surface area contributed by atoms with Crippen molar-refractivity contribution in [3.8, 4) is 11.3 Å². The zero-order chi connectivity index (χ0) is 19.7. The van der Waals surface area contributed by atoms with E-state index in [0.717, 1.165) is 27.7 Å². The summed E-state index contributed by atoms with van der Waals surface area (Å²) in [6, 6.07) is 22.5. The number of carbonyl (C=O) groups excluding carboxylic acids is 1. The van der Waals surface area contributed by atoms with Crippen molar-refractivity contribution in [3.05, 3.63) is 94.0 Å². The molecular weight excluding hydrogens is 391 g/mol. The summed E-state index contributed by atoms with van der Waals surface area (Å²) in [5.41, 5.74) is 4.48. The van der Waals surface area contributed by atoms with Crippen molar-refractivity contribution in [2.24, 2.45) is 0 Å². The van der Waals surface area contributed by atoms with Crippen molar-refractivity contribution < 1.29 is 4.79 Å². The number of aryl methyl sites for hydroxylation is 1. The molecule has 0 aliphatic heterocycles. The van der Waals surface area contributed by atoms with Gasteiger partial charge in [-0.2, -0.15) is 0 Å². The van der Waals surface area contributed by atoms with Gasteiger partial charge in [-0.25, -0.2) is 4.98 Å². The number of rotatable bonds is 3. The number of pyridine rings is 1. The lowest BCUT2D eigenvalue weighted by atomic mass is 10.0. The van der Waals surface area contributed by atoms with Crippen LogP contribution in [0.3, 0.4) is 0 Å². The maximum atomic E-state index is 13.1. The maximum Gasteiger partial charge on any atom is 0.256 e. The van der Waals surface area contributed by atoms with Crippen molar-refractivity contribution in [2.75, 3.05) is 5.32 Å². The van der Waals surface area contributed by atoms with E-state index in [1.807, 2.05) is 61.5 Å². The van der Waals surface area contributed by atoms with Gasteiger partial charge in [-0.3, -0.25) is 4.79 Å². The van der Waals surface area contributed by atoms with E-state index in [1.165, 1.54) is 0 Å². The quantitative estimate of drug-likeness (QED) is 0.407. The third-order valence-electron chi connectivity index (χ3n) is 4.58. The second-order valence-corrected chi connectivity index (χ2v) is 7.25. The number of benzene rings is 3. The van der Waals surface area contributed by atoms with Crippen molar-refractivity contribution in [2.45, 2.75) is 6.92 Å². The van der Waals surface area contributed by atoms with Crippen molar-refractivity contribution in [1.82, 2.24) is 4.98 Å². The molecule has 1 heterocycles. The largest absolute Gasteiger partial charge is 0.319 e. The van der Waals surface area contributed by atoms with Gasteiger partial charge in [0.05, 0.1) is 32.5 Å². The summed E-state index contributed by atoms with van der Waals surface area (Å²) in [6.45, 7) is 2.02. The number of anilines is 1. The molecule has 138 valence electrons. The monoisotopic (exact) mass is 406 g/mol. The van der Waals surface area contributed by atoms with E-state index in [9.17, 15) is 4.79 Å². The van der Waals surface area contributed by atoms with Gasteiger partial charge in [0.2, 0.25) is 0 Å². The lowest BCUT2D eigenvalue weighted by Gasteiger charge is -2.13. The second-order valence-electron chi connectivity index (χ2n) is 6.44. The molecule has 0 atom stereocenters. The number of nitrogens with one attached hydrogen (secondary N) is 1. The molecule has 5 heteroatoms. The predicted octanol–water partition coefficient (Wildman–Crippen LogP) is 6.77. The van der Waals surface area contributed by atoms with Crippen LogP contribution < -0.4 is 5.32 Å². The normalized spacial score (nSPS) is 10.8. The lowest BCUT2D eigenvalue weighted by Crippen LogP contribution is -2.14. The molecule has 0 bridgehead atoms. The third kappa shape index (κ3) is 3.47. The van der Waals surface area contributed by atoms with Crippen LogP contribution in [-0.4, -0.2) is 10.9 Å². The number of amides is 1. The number of fused-ring (bicyclic) bond motifs is 1. The second kappa shape index (κ2) is 7.63. The van der Waals surface area contributed by atoms with Crippen LogP contribution in [-0.2, 0) is 0 Å². The molecule has 1 N–H and O–H groups in total. The first-order valence-electron chi connectivity index (χ1n) is 8.76. The van der Waals surface area contributed by atoms with E-state index in [2.05, 4.69) is 5.32 Å². The highest BCUT2D eigenvalue weighted by Gasteiger charge is 2.17. The Labute approximate surface area is 172 Å². The molecule has 4 rings (SSSR count). The van der Waals surface area contributed by atoms with Gasteiger partial charge in [0.25, 0.3) is 5.91 Å². The molecule has 3 nitrogen and oxygen atoms in total. The zero-order valence-electron chi connectivity index (χ0n) is 15.0. The highest BCUT2D eigenvalue weighted by molar-refractivity contribution is 6.40. The summed E-state index contributed by atoms with van der Waals surface area (Å²) < 4.78 is 0. The van der Waals surface area contributed by atoms with Gasteiger partial charge in [-0.05, 0) is 36.8 Å². The number of nitrogens with zero attached hydrogens (tertiary/aromatic N) is 1. The minimum Gasteiger partial charge on any atom is -0.319 e. The van der Waals surface area contributed by atoms with E-state index in [-0.39, 0.29) is 5.91 Å². The lowest BCUT2D eigenvalue weighted by molar-refractivity contribution is 0.102. The number of aromatic nitrogens is 1. The molecule has 28 heavy (non-hydrogen) atoms. The first-order valence-corrected chi connectivity index (χ1v) is 9.51. The molecule has 1 aromatic heterocycles. The first kappa shape index (κ1) is 18.5. The van der Waals surface area contributed by atoms with Crippen molar-refractivity contribution >= 4 is 45.7 Å². The Kier molecular flexibility index (Phi) is 5.03. The van der Waals surface area contributed by atoms with Gasteiger partial charge in [0.15, 0.2) is 0 Å². The Bertz CT molecular complexity index is 1180. The fourth-order valence-corrected chi connectivity index (χ4v) is 3.65. The van der Waals surface area contributed by atoms with E-state index in [4.69, 9.17) is 28.2 Å². The summed E-state index contributed by atoms with van der Waals surface area (Å²) in [4.78, 5) is 17.9. The molecule has 0 aliphatic rings. The molecule has 0 aliphatic carbocycles. The van der Waals surface area contributed by atoms with E-state index in [0.29, 0.717) is 21.3 Å². The number of carbonyl (C=O) groups is 1. The number of hydrogen-bond donors (Lipinski definition) is 1. The number of para-hydroxylation sites is 2. The van der Waals surface area contributed by atoms with E-state index < -0.39 is 0 Å². The fourth-order valence-electron chi connectivity index (χ4n) is 3.16. The summed E-state index contributed by atoms with van der Waals surface area (Å²) in [5, 5.41) is 4.39. The molecule has 0 radical (unpaired) electrons. The van der Waals surface area contributed by atoms with Gasteiger partial charge in [-0.15, -0.1) is 0 Å². The van der Waals surface area contributed by atoms with Crippen LogP contribution in [0.2, 0.25) is 10.0 Å². The Hall–Kier alpha value is -2.88. The summed E-state index contributed by atoms with van der Waals surface area (Å²) in [6.07, 6.45) is 0. The Morgan fingerprint density at radius 1 is 0.893 bits per heavy atom. The minimum absolute atomic E-state index is 0.288. The molecular formula is C23H16Cl2N2O. The molecule has 0 spiro atoms. The van der Waals surface area contributed by atoms with Crippen LogP contribution in [0.4, 0.5) is 5.69 Å². The Morgan fingerprint density at radius 3 is 2.32 bits per heavy atom. The molecule has 0 saturated carbocycles. The topological polar surface area (TPSA) is 42.0 Å². The molecule has 0 fully saturated rings. The molecule has 0 saturated heterocycles. The van der Waals surface area contributed by atoms with Crippen molar-refractivity contribution in [3.63, 3.8) is 0 Å². The average Bonchev–Trinajstić information content (AvgIpc) is 2.70. The predicted molar refractivity (Wildman–Crippen MR) is 116 cm³/mol. The SMILES string of the molecule is Cc1ccccc1-c1cc(C(=O)Nc2c(Cl)cccc2Cl)c2ccccc2n1. The highest BCUT2D eigenvalue weighted by atomic mass is 35.5. The summed E-state index contributed by atoms with van der Waals surface area (Å²) in [7, 11) is 0. The minimum atomic E-state index is -0.288. The smallest absolute Gasteiger partial charge is 0.256 e. The van der Waals surface area contributed by atoms with E-state index in [1.54, 1.807) is 18.2 Å².